The molecule has 2 N–H and O–H groups in total. The smallest absolute Gasteiger partial charge is 0.319 e. The first-order chi connectivity index (χ1) is 8.61. The zero-order chi connectivity index (χ0) is 13.4. The van der Waals surface area contributed by atoms with E-state index in [1.54, 1.807) is 19.2 Å². The van der Waals surface area contributed by atoms with Crippen molar-refractivity contribution in [2.45, 2.75) is 6.42 Å². The third-order valence-electron chi connectivity index (χ3n) is 2.42. The van der Waals surface area contributed by atoms with Crippen molar-refractivity contribution in [1.29, 1.82) is 0 Å². The Kier molecular flexibility index (Phi) is 6.00. The summed E-state index contributed by atoms with van der Waals surface area (Å²) in [5, 5.41) is 5.57. The third-order valence-corrected chi connectivity index (χ3v) is 2.42. The van der Waals surface area contributed by atoms with E-state index < -0.39 is 0 Å². The van der Waals surface area contributed by atoms with Crippen molar-refractivity contribution in [3.63, 3.8) is 0 Å². The highest BCUT2D eigenvalue weighted by Crippen LogP contribution is 2.14. The molecule has 1 aromatic rings. The van der Waals surface area contributed by atoms with Gasteiger partial charge in [0.2, 0.25) is 0 Å². The molecular weight excluding hydrogens is 230 g/mol. The number of carbonyl (C=O) groups is 1. The monoisotopic (exact) mass is 251 g/mol. The number of hydrogen-bond acceptors (Lipinski definition) is 3. The third kappa shape index (κ3) is 5.54. The maximum absolute atomic E-state index is 11.5. The summed E-state index contributed by atoms with van der Waals surface area (Å²) in [5.74, 6) is 0.770. The van der Waals surface area contributed by atoms with Crippen LogP contribution < -0.4 is 15.4 Å². The standard InChI is InChI=1S/C13H21N3O2/c1-16(2)10-4-9-14-13(17)15-11-5-7-12(18-3)8-6-11/h5-8H,4,9-10H2,1-3H3,(H2,14,15,17). The van der Waals surface area contributed by atoms with Crippen LogP contribution in [-0.2, 0) is 0 Å². The Hall–Kier alpha value is -1.75. The SMILES string of the molecule is COc1ccc(NC(=O)NCCCN(C)C)cc1. The summed E-state index contributed by atoms with van der Waals surface area (Å²) in [4.78, 5) is 13.6. The van der Waals surface area contributed by atoms with Crippen molar-refractivity contribution >= 4 is 11.7 Å². The minimum Gasteiger partial charge on any atom is -0.497 e. The van der Waals surface area contributed by atoms with Crippen molar-refractivity contribution < 1.29 is 9.53 Å². The van der Waals surface area contributed by atoms with Gasteiger partial charge in [-0.3, -0.25) is 0 Å². The molecule has 100 valence electrons. The fraction of sp³-hybridized carbons (Fsp3) is 0.462. The van der Waals surface area contributed by atoms with Gasteiger partial charge in [0.1, 0.15) is 5.75 Å². The second-order valence-corrected chi connectivity index (χ2v) is 4.27. The number of hydrogen-bond donors (Lipinski definition) is 2. The summed E-state index contributed by atoms with van der Waals surface area (Å²) in [7, 11) is 5.63. The van der Waals surface area contributed by atoms with Crippen LogP contribution in [0.3, 0.4) is 0 Å². The lowest BCUT2D eigenvalue weighted by Crippen LogP contribution is -2.31. The molecule has 0 unspecified atom stereocenters. The van der Waals surface area contributed by atoms with Crippen LogP contribution in [0.15, 0.2) is 24.3 Å². The molecule has 0 spiro atoms. The van der Waals surface area contributed by atoms with E-state index in [1.165, 1.54) is 0 Å². The molecule has 1 aromatic carbocycles. The lowest BCUT2D eigenvalue weighted by atomic mass is 10.3. The number of nitrogens with zero attached hydrogens (tertiary/aromatic N) is 1. The van der Waals surface area contributed by atoms with Crippen LogP contribution in [0.2, 0.25) is 0 Å². The average molecular weight is 251 g/mol. The Labute approximate surface area is 108 Å². The molecule has 5 heteroatoms. The fourth-order valence-electron chi connectivity index (χ4n) is 1.45. The zero-order valence-electron chi connectivity index (χ0n) is 11.2. The molecule has 0 saturated heterocycles. The van der Waals surface area contributed by atoms with Gasteiger partial charge in [-0.15, -0.1) is 0 Å². The molecule has 0 fully saturated rings. The number of carbonyl (C=O) groups excluding carboxylic acids is 1. The second kappa shape index (κ2) is 7.55. The van der Waals surface area contributed by atoms with Crippen LogP contribution >= 0.6 is 0 Å². The van der Waals surface area contributed by atoms with Crippen molar-refractivity contribution in [1.82, 2.24) is 10.2 Å². The highest BCUT2D eigenvalue weighted by Gasteiger charge is 2.01. The highest BCUT2D eigenvalue weighted by atomic mass is 16.5. The quantitative estimate of drug-likeness (QED) is 0.758. The topological polar surface area (TPSA) is 53.6 Å². The molecule has 0 aliphatic rings. The lowest BCUT2D eigenvalue weighted by Gasteiger charge is -2.10. The van der Waals surface area contributed by atoms with Gasteiger partial charge in [0, 0.05) is 12.2 Å². The number of amides is 2. The van der Waals surface area contributed by atoms with Gasteiger partial charge in [0.25, 0.3) is 0 Å². The van der Waals surface area contributed by atoms with Crippen molar-refractivity contribution in [2.75, 3.05) is 39.6 Å². The molecule has 0 saturated carbocycles. The van der Waals surface area contributed by atoms with Gasteiger partial charge in [-0.05, 0) is 51.3 Å². The van der Waals surface area contributed by atoms with E-state index in [4.69, 9.17) is 4.74 Å². The lowest BCUT2D eigenvalue weighted by molar-refractivity contribution is 0.251. The average Bonchev–Trinajstić information content (AvgIpc) is 2.35. The van der Waals surface area contributed by atoms with E-state index in [-0.39, 0.29) is 6.03 Å². The Bertz CT molecular complexity index is 363. The van der Waals surface area contributed by atoms with E-state index in [2.05, 4.69) is 15.5 Å². The van der Waals surface area contributed by atoms with E-state index >= 15 is 0 Å². The van der Waals surface area contributed by atoms with Gasteiger partial charge in [0.05, 0.1) is 7.11 Å². The van der Waals surface area contributed by atoms with Crippen LogP contribution in [0.5, 0.6) is 5.75 Å². The minimum atomic E-state index is -0.182. The van der Waals surface area contributed by atoms with Crippen molar-refractivity contribution in [2.24, 2.45) is 0 Å². The molecule has 5 nitrogen and oxygen atoms in total. The molecular formula is C13H21N3O2. The van der Waals surface area contributed by atoms with E-state index in [0.717, 1.165) is 24.4 Å². The predicted molar refractivity (Wildman–Crippen MR) is 73.2 cm³/mol. The maximum Gasteiger partial charge on any atom is 0.319 e. The first-order valence-corrected chi connectivity index (χ1v) is 5.95. The molecule has 2 amide bonds. The highest BCUT2D eigenvalue weighted by molar-refractivity contribution is 5.89. The Morgan fingerprint density at radius 1 is 1.28 bits per heavy atom. The molecule has 0 aromatic heterocycles. The Morgan fingerprint density at radius 2 is 1.94 bits per heavy atom. The number of methoxy groups -OCH3 is 1. The van der Waals surface area contributed by atoms with Gasteiger partial charge >= 0.3 is 6.03 Å². The van der Waals surface area contributed by atoms with Crippen LogP contribution in [0, 0.1) is 0 Å². The van der Waals surface area contributed by atoms with Gasteiger partial charge in [-0.1, -0.05) is 0 Å². The molecule has 18 heavy (non-hydrogen) atoms. The molecule has 0 aliphatic carbocycles. The maximum atomic E-state index is 11.5. The summed E-state index contributed by atoms with van der Waals surface area (Å²) in [6.45, 7) is 1.63. The largest absolute Gasteiger partial charge is 0.497 e. The number of anilines is 1. The Morgan fingerprint density at radius 3 is 2.50 bits per heavy atom. The molecule has 0 atom stereocenters. The molecule has 0 radical (unpaired) electrons. The van der Waals surface area contributed by atoms with Crippen molar-refractivity contribution in [3.05, 3.63) is 24.3 Å². The molecule has 0 bridgehead atoms. The first kappa shape index (κ1) is 14.3. The molecule has 0 heterocycles. The van der Waals surface area contributed by atoms with Gasteiger partial charge in [-0.2, -0.15) is 0 Å². The summed E-state index contributed by atoms with van der Waals surface area (Å²) in [5.41, 5.74) is 0.751. The van der Waals surface area contributed by atoms with E-state index in [1.807, 2.05) is 26.2 Å². The minimum absolute atomic E-state index is 0.182. The van der Waals surface area contributed by atoms with Crippen LogP contribution in [0.1, 0.15) is 6.42 Å². The van der Waals surface area contributed by atoms with Crippen LogP contribution in [0.4, 0.5) is 10.5 Å². The fourth-order valence-corrected chi connectivity index (χ4v) is 1.45. The van der Waals surface area contributed by atoms with Gasteiger partial charge in [-0.25, -0.2) is 4.79 Å². The normalized spacial score (nSPS) is 10.2. The van der Waals surface area contributed by atoms with Crippen LogP contribution in [0.25, 0.3) is 0 Å². The number of urea groups is 1. The summed E-state index contributed by atoms with van der Waals surface area (Å²) < 4.78 is 5.04. The number of rotatable bonds is 6. The molecule has 0 aliphatic heterocycles. The predicted octanol–water partition coefficient (Wildman–Crippen LogP) is 1.77. The number of nitrogens with one attached hydrogen (secondary N) is 2. The van der Waals surface area contributed by atoms with Crippen LogP contribution in [-0.4, -0.2) is 45.2 Å². The summed E-state index contributed by atoms with van der Waals surface area (Å²) in [6.07, 6.45) is 0.934. The zero-order valence-corrected chi connectivity index (χ0v) is 11.2. The first-order valence-electron chi connectivity index (χ1n) is 5.95. The number of ether oxygens (including phenoxy) is 1. The summed E-state index contributed by atoms with van der Waals surface area (Å²) >= 11 is 0. The van der Waals surface area contributed by atoms with Crippen molar-refractivity contribution in [3.8, 4) is 5.75 Å². The van der Waals surface area contributed by atoms with E-state index in [9.17, 15) is 4.79 Å². The van der Waals surface area contributed by atoms with Gasteiger partial charge in [0.15, 0.2) is 0 Å². The van der Waals surface area contributed by atoms with Gasteiger partial charge < -0.3 is 20.3 Å². The summed E-state index contributed by atoms with van der Waals surface area (Å²) in [6, 6.07) is 7.04. The molecule has 1 rings (SSSR count). The second-order valence-electron chi connectivity index (χ2n) is 4.27. The van der Waals surface area contributed by atoms with E-state index in [0.29, 0.717) is 6.54 Å². The number of benzene rings is 1. The Balaban J connectivity index is 2.26.